The summed E-state index contributed by atoms with van der Waals surface area (Å²) >= 11 is 0. The SMILES string of the molecule is CNC(c1ccccc1)c1ccnc(C)c1. The molecule has 2 heteroatoms. The molecule has 0 saturated carbocycles. The molecule has 0 aliphatic heterocycles. The molecule has 1 atom stereocenters. The van der Waals surface area contributed by atoms with Crippen LogP contribution in [0.1, 0.15) is 22.9 Å². The van der Waals surface area contributed by atoms with Gasteiger partial charge in [0.05, 0.1) is 6.04 Å². The average Bonchev–Trinajstić information content (AvgIpc) is 2.31. The van der Waals surface area contributed by atoms with Crippen LogP contribution in [0, 0.1) is 6.92 Å². The fraction of sp³-hybridized carbons (Fsp3) is 0.214. The molecule has 2 aromatic rings. The van der Waals surface area contributed by atoms with E-state index in [0.717, 1.165) is 5.69 Å². The van der Waals surface area contributed by atoms with Gasteiger partial charge in [-0.15, -0.1) is 0 Å². The first kappa shape index (κ1) is 10.8. The number of hydrogen-bond donors (Lipinski definition) is 1. The minimum Gasteiger partial charge on any atom is -0.309 e. The second-order valence-electron chi connectivity index (χ2n) is 3.86. The third kappa shape index (κ3) is 2.28. The van der Waals surface area contributed by atoms with E-state index in [1.54, 1.807) is 0 Å². The van der Waals surface area contributed by atoms with Crippen molar-refractivity contribution in [3.05, 3.63) is 65.5 Å². The van der Waals surface area contributed by atoms with Crippen LogP contribution in [0.5, 0.6) is 0 Å². The predicted octanol–water partition coefficient (Wildman–Crippen LogP) is 2.70. The summed E-state index contributed by atoms with van der Waals surface area (Å²) in [6, 6.07) is 14.8. The van der Waals surface area contributed by atoms with Crippen molar-refractivity contribution < 1.29 is 0 Å². The van der Waals surface area contributed by atoms with Crippen molar-refractivity contribution in [3.63, 3.8) is 0 Å². The van der Waals surface area contributed by atoms with Gasteiger partial charge >= 0.3 is 0 Å². The summed E-state index contributed by atoms with van der Waals surface area (Å²) in [5, 5.41) is 3.33. The Labute approximate surface area is 96.4 Å². The van der Waals surface area contributed by atoms with Crippen LogP contribution >= 0.6 is 0 Å². The molecule has 0 radical (unpaired) electrons. The van der Waals surface area contributed by atoms with E-state index in [9.17, 15) is 0 Å². The highest BCUT2D eigenvalue weighted by atomic mass is 14.9. The molecular weight excluding hydrogens is 196 g/mol. The number of aromatic nitrogens is 1. The molecule has 0 amide bonds. The molecule has 0 aliphatic rings. The smallest absolute Gasteiger partial charge is 0.0575 e. The summed E-state index contributed by atoms with van der Waals surface area (Å²) in [6.45, 7) is 2.02. The summed E-state index contributed by atoms with van der Waals surface area (Å²) in [5.41, 5.74) is 3.57. The predicted molar refractivity (Wildman–Crippen MR) is 66.3 cm³/mol. The van der Waals surface area contributed by atoms with E-state index in [1.165, 1.54) is 11.1 Å². The number of benzene rings is 1. The van der Waals surface area contributed by atoms with Crippen LogP contribution in [-0.2, 0) is 0 Å². The van der Waals surface area contributed by atoms with Gasteiger partial charge < -0.3 is 5.32 Å². The topological polar surface area (TPSA) is 24.9 Å². The highest BCUT2D eigenvalue weighted by molar-refractivity contribution is 5.31. The fourth-order valence-electron chi connectivity index (χ4n) is 1.92. The van der Waals surface area contributed by atoms with Gasteiger partial charge in [-0.25, -0.2) is 0 Å². The van der Waals surface area contributed by atoms with Crippen molar-refractivity contribution in [1.29, 1.82) is 0 Å². The van der Waals surface area contributed by atoms with Crippen molar-refractivity contribution in [3.8, 4) is 0 Å². The molecular formula is C14H16N2. The fourth-order valence-corrected chi connectivity index (χ4v) is 1.92. The van der Waals surface area contributed by atoms with Crippen molar-refractivity contribution in [2.24, 2.45) is 0 Å². The summed E-state index contributed by atoms with van der Waals surface area (Å²) < 4.78 is 0. The lowest BCUT2D eigenvalue weighted by Gasteiger charge is -2.17. The van der Waals surface area contributed by atoms with Gasteiger partial charge in [-0.1, -0.05) is 30.3 Å². The van der Waals surface area contributed by atoms with Gasteiger partial charge in [-0.05, 0) is 37.2 Å². The first-order valence-corrected chi connectivity index (χ1v) is 5.46. The number of rotatable bonds is 3. The molecule has 0 saturated heterocycles. The monoisotopic (exact) mass is 212 g/mol. The Balaban J connectivity index is 2.37. The Morgan fingerprint density at radius 2 is 1.81 bits per heavy atom. The van der Waals surface area contributed by atoms with Crippen LogP contribution in [-0.4, -0.2) is 12.0 Å². The van der Waals surface area contributed by atoms with Gasteiger partial charge in [0, 0.05) is 11.9 Å². The largest absolute Gasteiger partial charge is 0.309 e. The molecule has 1 aromatic carbocycles. The third-order valence-electron chi connectivity index (χ3n) is 2.68. The maximum Gasteiger partial charge on any atom is 0.0575 e. The van der Waals surface area contributed by atoms with Crippen LogP contribution in [0.4, 0.5) is 0 Å². The Kier molecular flexibility index (Phi) is 3.32. The number of nitrogens with zero attached hydrogens (tertiary/aromatic N) is 1. The summed E-state index contributed by atoms with van der Waals surface area (Å²) in [4.78, 5) is 4.22. The average molecular weight is 212 g/mol. The van der Waals surface area contributed by atoms with Crippen molar-refractivity contribution in [2.75, 3.05) is 7.05 Å². The Hall–Kier alpha value is -1.67. The second kappa shape index (κ2) is 4.90. The van der Waals surface area contributed by atoms with E-state index in [1.807, 2.05) is 26.2 Å². The molecule has 0 bridgehead atoms. The number of hydrogen-bond acceptors (Lipinski definition) is 2. The van der Waals surface area contributed by atoms with Crippen molar-refractivity contribution in [2.45, 2.75) is 13.0 Å². The van der Waals surface area contributed by atoms with Crippen LogP contribution < -0.4 is 5.32 Å². The maximum atomic E-state index is 4.22. The van der Waals surface area contributed by atoms with Gasteiger partial charge in [0.2, 0.25) is 0 Å². The Morgan fingerprint density at radius 3 is 2.44 bits per heavy atom. The lowest BCUT2D eigenvalue weighted by molar-refractivity contribution is 0.690. The zero-order valence-corrected chi connectivity index (χ0v) is 9.64. The van der Waals surface area contributed by atoms with Gasteiger partial charge in [0.25, 0.3) is 0 Å². The van der Waals surface area contributed by atoms with Crippen molar-refractivity contribution in [1.82, 2.24) is 10.3 Å². The molecule has 1 heterocycles. The Morgan fingerprint density at radius 1 is 1.06 bits per heavy atom. The summed E-state index contributed by atoms with van der Waals surface area (Å²) in [5.74, 6) is 0. The number of pyridine rings is 1. The van der Waals surface area contributed by atoms with E-state index in [0.29, 0.717) is 0 Å². The molecule has 1 N–H and O–H groups in total. The van der Waals surface area contributed by atoms with Crippen LogP contribution in [0.25, 0.3) is 0 Å². The van der Waals surface area contributed by atoms with Gasteiger partial charge in [-0.3, -0.25) is 4.98 Å². The van der Waals surface area contributed by atoms with Gasteiger partial charge in [0.1, 0.15) is 0 Å². The zero-order valence-electron chi connectivity index (χ0n) is 9.64. The lowest BCUT2D eigenvalue weighted by Crippen LogP contribution is -2.17. The zero-order chi connectivity index (χ0) is 11.4. The quantitative estimate of drug-likeness (QED) is 0.846. The third-order valence-corrected chi connectivity index (χ3v) is 2.68. The molecule has 0 aliphatic carbocycles. The summed E-state index contributed by atoms with van der Waals surface area (Å²) in [6.07, 6.45) is 1.86. The first-order chi connectivity index (χ1) is 7.81. The molecule has 1 unspecified atom stereocenters. The minimum atomic E-state index is 0.239. The van der Waals surface area contributed by atoms with Gasteiger partial charge in [-0.2, -0.15) is 0 Å². The highest BCUT2D eigenvalue weighted by Gasteiger charge is 2.10. The van der Waals surface area contributed by atoms with Crippen LogP contribution in [0.15, 0.2) is 48.7 Å². The molecule has 0 fully saturated rings. The van der Waals surface area contributed by atoms with E-state index < -0.39 is 0 Å². The molecule has 2 rings (SSSR count). The normalized spacial score (nSPS) is 12.4. The van der Waals surface area contributed by atoms with Gasteiger partial charge in [0.15, 0.2) is 0 Å². The Bertz CT molecular complexity index is 451. The number of aryl methyl sites for hydroxylation is 1. The molecule has 0 spiro atoms. The highest BCUT2D eigenvalue weighted by Crippen LogP contribution is 2.21. The van der Waals surface area contributed by atoms with E-state index >= 15 is 0 Å². The lowest BCUT2D eigenvalue weighted by atomic mass is 9.99. The number of nitrogens with one attached hydrogen (secondary N) is 1. The molecule has 1 aromatic heterocycles. The first-order valence-electron chi connectivity index (χ1n) is 5.46. The standard InChI is InChI=1S/C14H16N2/c1-11-10-13(8-9-16-11)14(15-2)12-6-4-3-5-7-12/h3-10,14-15H,1-2H3. The minimum absolute atomic E-state index is 0.239. The second-order valence-corrected chi connectivity index (χ2v) is 3.86. The van der Waals surface area contributed by atoms with Crippen LogP contribution in [0.2, 0.25) is 0 Å². The maximum absolute atomic E-state index is 4.22. The molecule has 82 valence electrons. The molecule has 2 nitrogen and oxygen atoms in total. The van der Waals surface area contributed by atoms with Crippen LogP contribution in [0.3, 0.4) is 0 Å². The molecule has 16 heavy (non-hydrogen) atoms. The van der Waals surface area contributed by atoms with E-state index in [2.05, 4.69) is 46.7 Å². The summed E-state index contributed by atoms with van der Waals surface area (Å²) in [7, 11) is 1.98. The van der Waals surface area contributed by atoms with E-state index in [-0.39, 0.29) is 6.04 Å². The van der Waals surface area contributed by atoms with Crippen molar-refractivity contribution >= 4 is 0 Å². The van der Waals surface area contributed by atoms with E-state index in [4.69, 9.17) is 0 Å².